The molecule has 0 unspecified atom stereocenters. The molecule has 0 aliphatic rings. The van der Waals surface area contributed by atoms with Crippen molar-refractivity contribution in [3.8, 4) is 11.5 Å². The first-order chi connectivity index (χ1) is 9.10. The van der Waals surface area contributed by atoms with Gasteiger partial charge in [-0.05, 0) is 43.4 Å². The van der Waals surface area contributed by atoms with Crippen LogP contribution in [0.5, 0.6) is 11.5 Å². The fourth-order valence-corrected chi connectivity index (χ4v) is 1.86. The Morgan fingerprint density at radius 1 is 1.05 bits per heavy atom. The minimum Gasteiger partial charge on any atom is -0.455 e. The van der Waals surface area contributed by atoms with Crippen LogP contribution in [0.15, 0.2) is 36.4 Å². The van der Waals surface area contributed by atoms with Crippen LogP contribution in [0.2, 0.25) is 5.02 Å². The average Bonchev–Trinajstić information content (AvgIpc) is 2.36. The second-order valence-electron chi connectivity index (χ2n) is 3.96. The maximum atomic E-state index is 13.2. The smallest absolute Gasteiger partial charge is 0.146 e. The molecule has 0 radical (unpaired) electrons. The van der Waals surface area contributed by atoms with E-state index in [1.807, 2.05) is 0 Å². The SMILES string of the molecule is CNCc1cc(F)ccc1Oc1ccc(F)cc1Cl. The quantitative estimate of drug-likeness (QED) is 0.911. The second kappa shape index (κ2) is 5.99. The Bertz CT molecular complexity index is 590. The van der Waals surface area contributed by atoms with Gasteiger partial charge in [0.15, 0.2) is 0 Å². The van der Waals surface area contributed by atoms with E-state index >= 15 is 0 Å². The molecule has 0 spiro atoms. The van der Waals surface area contributed by atoms with Crippen molar-refractivity contribution in [1.82, 2.24) is 5.32 Å². The zero-order chi connectivity index (χ0) is 13.8. The maximum absolute atomic E-state index is 13.2. The summed E-state index contributed by atoms with van der Waals surface area (Å²) >= 11 is 5.89. The second-order valence-corrected chi connectivity index (χ2v) is 4.37. The predicted molar refractivity (Wildman–Crippen MR) is 70.6 cm³/mol. The summed E-state index contributed by atoms with van der Waals surface area (Å²) in [6, 6.07) is 8.04. The summed E-state index contributed by atoms with van der Waals surface area (Å²) < 4.78 is 31.7. The van der Waals surface area contributed by atoms with Gasteiger partial charge in [0, 0.05) is 12.1 Å². The Kier molecular flexibility index (Phi) is 4.35. The van der Waals surface area contributed by atoms with Crippen molar-refractivity contribution < 1.29 is 13.5 Å². The predicted octanol–water partition coefficient (Wildman–Crippen LogP) is 4.13. The van der Waals surface area contributed by atoms with Crippen molar-refractivity contribution in [3.63, 3.8) is 0 Å². The highest BCUT2D eigenvalue weighted by molar-refractivity contribution is 6.32. The van der Waals surface area contributed by atoms with Gasteiger partial charge in [0.2, 0.25) is 0 Å². The molecule has 0 aliphatic heterocycles. The summed E-state index contributed by atoms with van der Waals surface area (Å²) in [5.41, 5.74) is 0.655. The lowest BCUT2D eigenvalue weighted by molar-refractivity contribution is 0.470. The van der Waals surface area contributed by atoms with Crippen molar-refractivity contribution in [2.75, 3.05) is 7.05 Å². The summed E-state index contributed by atoms with van der Waals surface area (Å²) in [6.45, 7) is 0.450. The fourth-order valence-electron chi connectivity index (χ4n) is 1.65. The summed E-state index contributed by atoms with van der Waals surface area (Å²) in [5.74, 6) is 0.0194. The van der Waals surface area contributed by atoms with Gasteiger partial charge in [-0.3, -0.25) is 0 Å². The number of halogens is 3. The number of hydrogen-bond acceptors (Lipinski definition) is 2. The van der Waals surface area contributed by atoms with E-state index < -0.39 is 5.82 Å². The van der Waals surface area contributed by atoms with Crippen LogP contribution in [0.3, 0.4) is 0 Å². The van der Waals surface area contributed by atoms with Crippen LogP contribution in [0, 0.1) is 11.6 Å². The van der Waals surface area contributed by atoms with Gasteiger partial charge < -0.3 is 10.1 Å². The maximum Gasteiger partial charge on any atom is 0.146 e. The molecule has 0 fully saturated rings. The molecule has 0 aliphatic carbocycles. The standard InChI is InChI=1S/C14H12ClF2NO/c1-18-8-9-6-10(16)2-4-13(9)19-14-5-3-11(17)7-12(14)15/h2-7,18H,8H2,1H3. The molecule has 2 nitrogen and oxygen atoms in total. The van der Waals surface area contributed by atoms with Crippen molar-refractivity contribution in [2.24, 2.45) is 0 Å². The Balaban J connectivity index is 2.32. The zero-order valence-electron chi connectivity index (χ0n) is 10.2. The van der Waals surface area contributed by atoms with Gasteiger partial charge in [0.25, 0.3) is 0 Å². The van der Waals surface area contributed by atoms with Gasteiger partial charge in [0.1, 0.15) is 23.1 Å². The van der Waals surface area contributed by atoms with E-state index in [9.17, 15) is 8.78 Å². The minimum atomic E-state index is -0.438. The van der Waals surface area contributed by atoms with Crippen molar-refractivity contribution in [2.45, 2.75) is 6.54 Å². The topological polar surface area (TPSA) is 21.3 Å². The first-order valence-corrected chi connectivity index (χ1v) is 6.04. The summed E-state index contributed by atoms with van der Waals surface area (Å²) in [6.07, 6.45) is 0. The van der Waals surface area contributed by atoms with Crippen LogP contribution < -0.4 is 10.1 Å². The molecule has 19 heavy (non-hydrogen) atoms. The lowest BCUT2D eigenvalue weighted by Gasteiger charge is -2.12. The zero-order valence-corrected chi connectivity index (χ0v) is 11.0. The number of hydrogen-bond donors (Lipinski definition) is 1. The first kappa shape index (κ1) is 13.8. The number of benzene rings is 2. The molecule has 0 saturated heterocycles. The summed E-state index contributed by atoms with van der Waals surface area (Å²) in [4.78, 5) is 0. The van der Waals surface area contributed by atoms with E-state index in [0.29, 0.717) is 23.6 Å². The largest absolute Gasteiger partial charge is 0.455 e. The molecule has 5 heteroatoms. The molecule has 0 heterocycles. The Morgan fingerprint density at radius 3 is 2.32 bits per heavy atom. The molecule has 100 valence electrons. The van der Waals surface area contributed by atoms with E-state index in [2.05, 4.69) is 5.32 Å². The van der Waals surface area contributed by atoms with E-state index in [1.165, 1.54) is 30.3 Å². The monoisotopic (exact) mass is 283 g/mol. The van der Waals surface area contributed by atoms with E-state index in [1.54, 1.807) is 7.05 Å². The van der Waals surface area contributed by atoms with E-state index in [4.69, 9.17) is 16.3 Å². The molecule has 0 atom stereocenters. The van der Waals surface area contributed by atoms with Crippen LogP contribution >= 0.6 is 11.6 Å². The number of rotatable bonds is 4. The molecular weight excluding hydrogens is 272 g/mol. The van der Waals surface area contributed by atoms with Gasteiger partial charge in [-0.2, -0.15) is 0 Å². The van der Waals surface area contributed by atoms with Crippen LogP contribution in [0.1, 0.15) is 5.56 Å². The third-order valence-electron chi connectivity index (χ3n) is 2.50. The number of ether oxygens (including phenoxy) is 1. The first-order valence-electron chi connectivity index (χ1n) is 5.66. The third-order valence-corrected chi connectivity index (χ3v) is 2.80. The average molecular weight is 284 g/mol. The van der Waals surface area contributed by atoms with E-state index in [0.717, 1.165) is 6.07 Å². The molecule has 0 aromatic heterocycles. The lowest BCUT2D eigenvalue weighted by Crippen LogP contribution is -2.06. The Labute approximate surface area is 115 Å². The van der Waals surface area contributed by atoms with Crippen LogP contribution in [-0.2, 0) is 6.54 Å². The lowest BCUT2D eigenvalue weighted by atomic mass is 10.2. The molecule has 0 amide bonds. The highest BCUT2D eigenvalue weighted by atomic mass is 35.5. The fraction of sp³-hybridized carbons (Fsp3) is 0.143. The molecule has 0 saturated carbocycles. The van der Waals surface area contributed by atoms with Crippen molar-refractivity contribution in [1.29, 1.82) is 0 Å². The molecule has 0 bridgehead atoms. The molecule has 2 aromatic carbocycles. The van der Waals surface area contributed by atoms with Crippen LogP contribution in [0.25, 0.3) is 0 Å². The van der Waals surface area contributed by atoms with E-state index in [-0.39, 0.29) is 10.8 Å². The summed E-state index contributed by atoms with van der Waals surface area (Å²) in [7, 11) is 1.75. The molecular formula is C14H12ClF2NO. The van der Waals surface area contributed by atoms with Gasteiger partial charge in [-0.1, -0.05) is 11.6 Å². The molecule has 2 rings (SSSR count). The van der Waals surface area contributed by atoms with Gasteiger partial charge in [-0.15, -0.1) is 0 Å². The third kappa shape index (κ3) is 3.43. The highest BCUT2D eigenvalue weighted by Gasteiger charge is 2.09. The molecule has 1 N–H and O–H groups in total. The van der Waals surface area contributed by atoms with Crippen molar-refractivity contribution in [3.05, 3.63) is 58.6 Å². The Hall–Kier alpha value is -1.65. The highest BCUT2D eigenvalue weighted by Crippen LogP contribution is 2.32. The number of nitrogens with one attached hydrogen (secondary N) is 1. The normalized spacial score (nSPS) is 10.5. The van der Waals surface area contributed by atoms with Gasteiger partial charge in [-0.25, -0.2) is 8.78 Å². The van der Waals surface area contributed by atoms with Gasteiger partial charge in [0.05, 0.1) is 5.02 Å². The minimum absolute atomic E-state index is 0.166. The van der Waals surface area contributed by atoms with Crippen molar-refractivity contribution >= 4 is 11.6 Å². The van der Waals surface area contributed by atoms with Crippen LogP contribution in [0.4, 0.5) is 8.78 Å². The van der Waals surface area contributed by atoms with Crippen LogP contribution in [-0.4, -0.2) is 7.05 Å². The van der Waals surface area contributed by atoms with Gasteiger partial charge >= 0.3 is 0 Å². The molecule has 2 aromatic rings. The Morgan fingerprint density at radius 2 is 1.68 bits per heavy atom. The summed E-state index contributed by atoms with van der Waals surface area (Å²) in [5, 5.41) is 3.09.